The van der Waals surface area contributed by atoms with E-state index in [1.165, 1.54) is 30.5 Å². The number of carbonyl (C=O) groups excluding carboxylic acids is 1. The van der Waals surface area contributed by atoms with Crippen molar-refractivity contribution >= 4 is 34.5 Å². The summed E-state index contributed by atoms with van der Waals surface area (Å²) in [5.74, 6) is -0.509. The quantitative estimate of drug-likeness (QED) is 0.432. The molecule has 2 aromatic carbocycles. The SMILES string of the molecule is CN(C)c1ccc(/C=N\NC(=O)c2cc3cc([N+](=O)[O-])ccc3o2)cc1. The third-order valence-corrected chi connectivity index (χ3v) is 3.72. The summed E-state index contributed by atoms with van der Waals surface area (Å²) in [5, 5.41) is 15.2. The Balaban J connectivity index is 1.69. The summed E-state index contributed by atoms with van der Waals surface area (Å²) < 4.78 is 5.40. The molecule has 0 saturated heterocycles. The lowest BCUT2D eigenvalue weighted by molar-refractivity contribution is -0.384. The van der Waals surface area contributed by atoms with Crippen molar-refractivity contribution < 1.29 is 14.1 Å². The number of anilines is 1. The molecule has 0 fully saturated rings. The fourth-order valence-electron chi connectivity index (χ4n) is 2.34. The van der Waals surface area contributed by atoms with Gasteiger partial charge in [-0.25, -0.2) is 5.43 Å². The molecule has 1 N–H and O–H groups in total. The van der Waals surface area contributed by atoms with Crippen molar-refractivity contribution in [3.05, 3.63) is 70.0 Å². The first-order chi connectivity index (χ1) is 12.4. The van der Waals surface area contributed by atoms with Crippen molar-refractivity contribution in [3.8, 4) is 0 Å². The van der Waals surface area contributed by atoms with Crippen LogP contribution in [0.3, 0.4) is 0 Å². The van der Waals surface area contributed by atoms with Gasteiger partial charge >= 0.3 is 5.91 Å². The molecule has 0 atom stereocenters. The number of amides is 1. The number of carbonyl (C=O) groups is 1. The summed E-state index contributed by atoms with van der Waals surface area (Å²) in [6.45, 7) is 0. The number of non-ortho nitro benzene ring substituents is 1. The standard InChI is InChI=1S/C18H16N4O4/c1-21(2)14-5-3-12(4-6-14)11-19-20-18(23)17-10-13-9-15(22(24)25)7-8-16(13)26-17/h3-11H,1-2H3,(H,20,23)/b19-11-. The molecule has 1 amide bonds. The molecule has 1 heterocycles. The molecule has 3 aromatic rings. The van der Waals surface area contributed by atoms with Gasteiger partial charge in [-0.2, -0.15) is 5.10 Å². The Labute approximate surface area is 148 Å². The fraction of sp³-hybridized carbons (Fsp3) is 0.111. The van der Waals surface area contributed by atoms with Gasteiger partial charge in [0.25, 0.3) is 5.69 Å². The van der Waals surface area contributed by atoms with Gasteiger partial charge in [-0.3, -0.25) is 14.9 Å². The number of nitrogens with one attached hydrogen (secondary N) is 1. The van der Waals surface area contributed by atoms with Crippen molar-refractivity contribution in [1.82, 2.24) is 5.43 Å². The first kappa shape index (κ1) is 17.2. The molecule has 0 aliphatic heterocycles. The molecule has 26 heavy (non-hydrogen) atoms. The molecule has 0 radical (unpaired) electrons. The predicted molar refractivity (Wildman–Crippen MR) is 98.7 cm³/mol. The first-order valence-corrected chi connectivity index (χ1v) is 7.73. The molecule has 0 saturated carbocycles. The van der Waals surface area contributed by atoms with Crippen molar-refractivity contribution in [2.75, 3.05) is 19.0 Å². The van der Waals surface area contributed by atoms with E-state index >= 15 is 0 Å². The highest BCUT2D eigenvalue weighted by atomic mass is 16.6. The number of rotatable bonds is 5. The van der Waals surface area contributed by atoms with Crippen molar-refractivity contribution in [2.45, 2.75) is 0 Å². The zero-order valence-corrected chi connectivity index (χ0v) is 14.2. The molecule has 0 bridgehead atoms. The summed E-state index contributed by atoms with van der Waals surface area (Å²) in [6, 6.07) is 13.2. The highest BCUT2D eigenvalue weighted by molar-refractivity contribution is 5.97. The van der Waals surface area contributed by atoms with E-state index in [0.717, 1.165) is 11.3 Å². The van der Waals surface area contributed by atoms with Crippen LogP contribution < -0.4 is 10.3 Å². The summed E-state index contributed by atoms with van der Waals surface area (Å²) in [6.07, 6.45) is 1.52. The van der Waals surface area contributed by atoms with Gasteiger partial charge < -0.3 is 9.32 Å². The number of hydrazone groups is 1. The maximum atomic E-state index is 12.1. The summed E-state index contributed by atoms with van der Waals surface area (Å²) >= 11 is 0. The number of nitro benzene ring substituents is 1. The number of hydrogen-bond acceptors (Lipinski definition) is 6. The minimum Gasteiger partial charge on any atom is -0.451 e. The molecule has 3 rings (SSSR count). The Morgan fingerprint density at radius 2 is 1.92 bits per heavy atom. The minimum absolute atomic E-state index is 0.0283. The van der Waals surface area contributed by atoms with E-state index < -0.39 is 10.8 Å². The van der Waals surface area contributed by atoms with Gasteiger partial charge in [-0.15, -0.1) is 0 Å². The second kappa shape index (κ2) is 7.06. The Kier molecular flexibility index (Phi) is 4.66. The average Bonchev–Trinajstić information content (AvgIpc) is 3.05. The smallest absolute Gasteiger partial charge is 0.307 e. The van der Waals surface area contributed by atoms with Crippen LogP contribution in [-0.4, -0.2) is 31.1 Å². The van der Waals surface area contributed by atoms with Crippen LogP contribution in [0.5, 0.6) is 0 Å². The number of furan rings is 1. The van der Waals surface area contributed by atoms with Crippen LogP contribution in [0.2, 0.25) is 0 Å². The van der Waals surface area contributed by atoms with Gasteiger partial charge in [0, 0.05) is 37.3 Å². The topological polar surface area (TPSA) is 101 Å². The van der Waals surface area contributed by atoms with Gasteiger partial charge in [0.15, 0.2) is 5.76 Å². The highest BCUT2D eigenvalue weighted by Gasteiger charge is 2.14. The maximum Gasteiger partial charge on any atom is 0.307 e. The van der Waals surface area contributed by atoms with Crippen LogP contribution in [0.4, 0.5) is 11.4 Å². The zero-order chi connectivity index (χ0) is 18.7. The van der Waals surface area contributed by atoms with E-state index in [-0.39, 0.29) is 11.4 Å². The molecular formula is C18H16N4O4. The second-order valence-corrected chi connectivity index (χ2v) is 5.77. The first-order valence-electron chi connectivity index (χ1n) is 7.73. The van der Waals surface area contributed by atoms with Gasteiger partial charge in [0.2, 0.25) is 0 Å². The number of fused-ring (bicyclic) bond motifs is 1. The zero-order valence-electron chi connectivity index (χ0n) is 14.2. The third-order valence-electron chi connectivity index (χ3n) is 3.72. The van der Waals surface area contributed by atoms with Crippen LogP contribution in [0.25, 0.3) is 11.0 Å². The number of nitro groups is 1. The molecule has 0 spiro atoms. The third kappa shape index (κ3) is 3.69. The number of nitrogens with zero attached hydrogens (tertiary/aromatic N) is 3. The molecular weight excluding hydrogens is 336 g/mol. The predicted octanol–water partition coefficient (Wildman–Crippen LogP) is 3.17. The van der Waals surface area contributed by atoms with Gasteiger partial charge in [-0.1, -0.05) is 12.1 Å². The lowest BCUT2D eigenvalue weighted by atomic mass is 10.2. The van der Waals surface area contributed by atoms with Crippen molar-refractivity contribution in [1.29, 1.82) is 0 Å². The number of benzene rings is 2. The van der Waals surface area contributed by atoms with Crippen LogP contribution in [0.15, 0.2) is 58.0 Å². The highest BCUT2D eigenvalue weighted by Crippen LogP contribution is 2.24. The van der Waals surface area contributed by atoms with E-state index in [0.29, 0.717) is 11.0 Å². The van der Waals surface area contributed by atoms with Crippen molar-refractivity contribution in [3.63, 3.8) is 0 Å². The van der Waals surface area contributed by atoms with Gasteiger partial charge in [0.05, 0.1) is 11.1 Å². The van der Waals surface area contributed by atoms with Crippen LogP contribution in [0, 0.1) is 10.1 Å². The molecule has 0 aliphatic rings. The maximum absolute atomic E-state index is 12.1. The Bertz CT molecular complexity index is 990. The largest absolute Gasteiger partial charge is 0.451 e. The summed E-state index contributed by atoms with van der Waals surface area (Å²) in [5.41, 5.74) is 4.59. The van der Waals surface area contributed by atoms with E-state index in [4.69, 9.17) is 4.42 Å². The van der Waals surface area contributed by atoms with Gasteiger partial charge in [0.1, 0.15) is 5.58 Å². The normalized spacial score (nSPS) is 11.0. The second-order valence-electron chi connectivity index (χ2n) is 5.77. The van der Waals surface area contributed by atoms with Crippen LogP contribution in [0.1, 0.15) is 16.1 Å². The van der Waals surface area contributed by atoms with Crippen molar-refractivity contribution in [2.24, 2.45) is 5.10 Å². The van der Waals surface area contributed by atoms with Gasteiger partial charge in [-0.05, 0) is 29.8 Å². The molecule has 0 aliphatic carbocycles. The average molecular weight is 352 g/mol. The Morgan fingerprint density at radius 3 is 2.58 bits per heavy atom. The summed E-state index contributed by atoms with van der Waals surface area (Å²) in [7, 11) is 3.90. The van der Waals surface area contributed by atoms with Crippen LogP contribution in [-0.2, 0) is 0 Å². The molecule has 8 nitrogen and oxygen atoms in total. The number of hydrogen-bond donors (Lipinski definition) is 1. The van der Waals surface area contributed by atoms with E-state index in [1.54, 1.807) is 0 Å². The van der Waals surface area contributed by atoms with E-state index in [2.05, 4.69) is 10.5 Å². The van der Waals surface area contributed by atoms with E-state index in [9.17, 15) is 14.9 Å². The Hall–Kier alpha value is -3.68. The Morgan fingerprint density at radius 1 is 1.19 bits per heavy atom. The minimum atomic E-state index is -0.537. The van der Waals surface area contributed by atoms with Crippen LogP contribution >= 0.6 is 0 Å². The fourth-order valence-corrected chi connectivity index (χ4v) is 2.34. The lowest BCUT2D eigenvalue weighted by Gasteiger charge is -2.11. The molecule has 132 valence electrons. The monoisotopic (exact) mass is 352 g/mol. The molecule has 1 aromatic heterocycles. The van der Waals surface area contributed by atoms with E-state index in [1.807, 2.05) is 43.3 Å². The summed E-state index contributed by atoms with van der Waals surface area (Å²) in [4.78, 5) is 24.4. The molecule has 0 unspecified atom stereocenters. The molecule has 8 heteroatoms. The lowest BCUT2D eigenvalue weighted by Crippen LogP contribution is -2.16.